The maximum atomic E-state index is 10.7. The molecule has 0 bridgehead atoms. The number of ether oxygens (including phenoxy) is 3. The Hall–Kier alpha value is -1.21. The van der Waals surface area contributed by atoms with Crippen molar-refractivity contribution in [2.75, 3.05) is 20.3 Å². The standard InChI is InChI=1S/C14H19Cl2NO5/c1-20-8-9(22-14(17)19)3-2-6-21-12-5-4-11(15)13(16)10(12)7-18/h4-5,9,18H,2-3,6-8H2,1H3,(H2,17,19). The third-order valence-corrected chi connectivity index (χ3v) is 3.72. The summed E-state index contributed by atoms with van der Waals surface area (Å²) in [5, 5.41) is 9.96. The van der Waals surface area contributed by atoms with Gasteiger partial charge in [0.2, 0.25) is 0 Å². The van der Waals surface area contributed by atoms with Gasteiger partial charge in [-0.2, -0.15) is 0 Å². The molecule has 0 aliphatic carbocycles. The first-order chi connectivity index (χ1) is 10.5. The number of benzene rings is 1. The topological polar surface area (TPSA) is 91.0 Å². The second-order valence-electron chi connectivity index (χ2n) is 4.50. The number of amides is 1. The van der Waals surface area contributed by atoms with Crippen LogP contribution < -0.4 is 10.5 Å². The maximum Gasteiger partial charge on any atom is 0.404 e. The first kappa shape index (κ1) is 18.8. The lowest BCUT2D eigenvalue weighted by molar-refractivity contribution is 0.0364. The first-order valence-corrected chi connectivity index (χ1v) is 7.40. The normalized spacial score (nSPS) is 12.0. The molecule has 6 nitrogen and oxygen atoms in total. The average molecular weight is 352 g/mol. The van der Waals surface area contributed by atoms with Crippen molar-refractivity contribution in [1.29, 1.82) is 0 Å². The van der Waals surface area contributed by atoms with Gasteiger partial charge in [0.25, 0.3) is 0 Å². The number of halogens is 2. The van der Waals surface area contributed by atoms with Gasteiger partial charge in [-0.3, -0.25) is 0 Å². The number of hydrogen-bond donors (Lipinski definition) is 2. The minimum atomic E-state index is -0.838. The first-order valence-electron chi connectivity index (χ1n) is 6.65. The largest absolute Gasteiger partial charge is 0.493 e. The number of hydrogen-bond acceptors (Lipinski definition) is 5. The van der Waals surface area contributed by atoms with Gasteiger partial charge in [0.15, 0.2) is 0 Å². The zero-order valence-electron chi connectivity index (χ0n) is 12.2. The maximum absolute atomic E-state index is 10.7. The van der Waals surface area contributed by atoms with Gasteiger partial charge in [0.05, 0.1) is 29.9 Å². The van der Waals surface area contributed by atoms with E-state index in [4.69, 9.17) is 43.1 Å². The van der Waals surface area contributed by atoms with Crippen LogP contribution in [0.15, 0.2) is 12.1 Å². The van der Waals surface area contributed by atoms with Gasteiger partial charge in [-0.15, -0.1) is 0 Å². The monoisotopic (exact) mass is 351 g/mol. The lowest BCUT2D eigenvalue weighted by Gasteiger charge is -2.16. The highest BCUT2D eigenvalue weighted by Gasteiger charge is 2.14. The van der Waals surface area contributed by atoms with Gasteiger partial charge in [-0.25, -0.2) is 4.79 Å². The van der Waals surface area contributed by atoms with Gasteiger partial charge in [-0.1, -0.05) is 23.2 Å². The summed E-state index contributed by atoms with van der Waals surface area (Å²) in [4.78, 5) is 10.7. The highest BCUT2D eigenvalue weighted by atomic mass is 35.5. The number of carbonyl (C=O) groups is 1. The lowest BCUT2D eigenvalue weighted by atomic mass is 10.2. The quantitative estimate of drug-likeness (QED) is 0.667. The average Bonchev–Trinajstić information content (AvgIpc) is 2.46. The molecule has 1 aromatic rings. The Kier molecular flexibility index (Phi) is 8.34. The molecule has 0 radical (unpaired) electrons. The fourth-order valence-electron chi connectivity index (χ4n) is 1.88. The summed E-state index contributed by atoms with van der Waals surface area (Å²) in [6.07, 6.45) is -0.119. The highest BCUT2D eigenvalue weighted by Crippen LogP contribution is 2.33. The zero-order chi connectivity index (χ0) is 16.5. The van der Waals surface area contributed by atoms with E-state index in [0.29, 0.717) is 35.8 Å². The minimum absolute atomic E-state index is 0.262. The molecule has 0 aromatic heterocycles. The molecule has 124 valence electrons. The number of aliphatic hydroxyl groups excluding tert-OH is 1. The minimum Gasteiger partial charge on any atom is -0.493 e. The van der Waals surface area contributed by atoms with E-state index in [1.54, 1.807) is 12.1 Å². The highest BCUT2D eigenvalue weighted by molar-refractivity contribution is 6.42. The Labute approximate surface area is 139 Å². The fourth-order valence-corrected chi connectivity index (χ4v) is 2.27. The van der Waals surface area contributed by atoms with Crippen molar-refractivity contribution in [3.05, 3.63) is 27.7 Å². The Morgan fingerprint density at radius 3 is 2.73 bits per heavy atom. The number of carbonyl (C=O) groups excluding carboxylic acids is 1. The van der Waals surface area contributed by atoms with E-state index in [2.05, 4.69) is 0 Å². The number of methoxy groups -OCH3 is 1. The summed E-state index contributed by atoms with van der Waals surface area (Å²) in [5.74, 6) is 0.469. The molecule has 22 heavy (non-hydrogen) atoms. The van der Waals surface area contributed by atoms with Crippen LogP contribution in [0.3, 0.4) is 0 Å². The third-order valence-electron chi connectivity index (χ3n) is 2.87. The van der Waals surface area contributed by atoms with Crippen LogP contribution in [-0.4, -0.2) is 37.6 Å². The fraction of sp³-hybridized carbons (Fsp3) is 0.500. The van der Waals surface area contributed by atoms with Crippen molar-refractivity contribution in [2.45, 2.75) is 25.6 Å². The second kappa shape index (κ2) is 9.74. The Morgan fingerprint density at radius 2 is 2.14 bits per heavy atom. The molecule has 0 aliphatic rings. The van der Waals surface area contributed by atoms with E-state index in [1.165, 1.54) is 7.11 Å². The molecular weight excluding hydrogens is 333 g/mol. The van der Waals surface area contributed by atoms with E-state index in [1.807, 2.05) is 0 Å². The van der Waals surface area contributed by atoms with E-state index < -0.39 is 12.2 Å². The molecule has 1 rings (SSSR count). The number of nitrogens with two attached hydrogens (primary N) is 1. The SMILES string of the molecule is COCC(CCCOc1ccc(Cl)c(Cl)c1CO)OC(N)=O. The predicted molar refractivity (Wildman–Crippen MR) is 83.4 cm³/mol. The van der Waals surface area contributed by atoms with Crippen molar-refractivity contribution in [1.82, 2.24) is 0 Å². The van der Waals surface area contributed by atoms with Crippen LogP contribution in [0.1, 0.15) is 18.4 Å². The Morgan fingerprint density at radius 1 is 1.41 bits per heavy atom. The Bertz CT molecular complexity index is 498. The summed E-state index contributed by atoms with van der Waals surface area (Å²) in [6, 6.07) is 3.24. The van der Waals surface area contributed by atoms with Gasteiger partial charge < -0.3 is 25.1 Å². The van der Waals surface area contributed by atoms with E-state index in [9.17, 15) is 9.90 Å². The zero-order valence-corrected chi connectivity index (χ0v) is 13.7. The Balaban J connectivity index is 2.50. The molecule has 0 spiro atoms. The lowest BCUT2D eigenvalue weighted by Crippen LogP contribution is -2.27. The number of primary amides is 1. The van der Waals surface area contributed by atoms with Crippen LogP contribution in [0.4, 0.5) is 4.79 Å². The van der Waals surface area contributed by atoms with E-state index >= 15 is 0 Å². The predicted octanol–water partition coefficient (Wildman–Crippen LogP) is 2.76. The summed E-state index contributed by atoms with van der Waals surface area (Å²) in [7, 11) is 1.51. The molecule has 8 heteroatoms. The summed E-state index contributed by atoms with van der Waals surface area (Å²) >= 11 is 11.9. The smallest absolute Gasteiger partial charge is 0.404 e. The van der Waals surface area contributed by atoms with Crippen LogP contribution >= 0.6 is 23.2 Å². The van der Waals surface area contributed by atoms with E-state index in [-0.39, 0.29) is 18.2 Å². The number of rotatable bonds is 9. The van der Waals surface area contributed by atoms with Crippen LogP contribution in [0.25, 0.3) is 0 Å². The van der Waals surface area contributed by atoms with Gasteiger partial charge in [0, 0.05) is 12.7 Å². The molecule has 0 heterocycles. The molecule has 0 saturated carbocycles. The van der Waals surface area contributed by atoms with Gasteiger partial charge in [0.1, 0.15) is 11.9 Å². The second-order valence-corrected chi connectivity index (χ2v) is 5.29. The molecule has 1 unspecified atom stereocenters. The van der Waals surface area contributed by atoms with Crippen LogP contribution in [-0.2, 0) is 16.1 Å². The van der Waals surface area contributed by atoms with Crippen molar-refractivity contribution in [3.8, 4) is 5.75 Å². The van der Waals surface area contributed by atoms with Gasteiger partial charge in [-0.05, 0) is 25.0 Å². The molecule has 1 aromatic carbocycles. The van der Waals surface area contributed by atoms with Gasteiger partial charge >= 0.3 is 6.09 Å². The summed E-state index contributed by atoms with van der Waals surface area (Å²) in [5.41, 5.74) is 5.43. The molecule has 0 aliphatic heterocycles. The number of aliphatic hydroxyl groups is 1. The van der Waals surface area contributed by atoms with Crippen LogP contribution in [0.2, 0.25) is 10.0 Å². The molecule has 1 amide bonds. The molecular formula is C14H19Cl2NO5. The van der Waals surface area contributed by atoms with Crippen molar-refractivity contribution in [2.24, 2.45) is 5.73 Å². The van der Waals surface area contributed by atoms with Crippen molar-refractivity contribution >= 4 is 29.3 Å². The van der Waals surface area contributed by atoms with Crippen molar-refractivity contribution in [3.63, 3.8) is 0 Å². The summed E-state index contributed by atoms with van der Waals surface area (Å²) < 4.78 is 15.4. The summed E-state index contributed by atoms with van der Waals surface area (Å²) in [6.45, 7) is 0.344. The van der Waals surface area contributed by atoms with E-state index in [0.717, 1.165) is 0 Å². The molecule has 3 N–H and O–H groups in total. The van der Waals surface area contributed by atoms with Crippen molar-refractivity contribution < 1.29 is 24.1 Å². The molecule has 0 fully saturated rings. The molecule has 1 atom stereocenters. The molecule has 0 saturated heterocycles. The third kappa shape index (κ3) is 5.88. The van der Waals surface area contributed by atoms with Crippen LogP contribution in [0, 0.1) is 0 Å². The van der Waals surface area contributed by atoms with Crippen LogP contribution in [0.5, 0.6) is 5.75 Å².